The highest BCUT2D eigenvalue weighted by molar-refractivity contribution is 6.30. The van der Waals surface area contributed by atoms with E-state index in [-0.39, 0.29) is 0 Å². The number of aromatic nitrogens is 1. The largest absolute Gasteiger partial charge is 0.475 e. The zero-order chi connectivity index (χ0) is 11.3. The van der Waals surface area contributed by atoms with Crippen LogP contribution in [-0.4, -0.2) is 25.3 Å². The first-order valence-corrected chi connectivity index (χ1v) is 5.30. The van der Waals surface area contributed by atoms with E-state index in [1.807, 2.05) is 6.07 Å². The molecule has 0 unspecified atom stereocenters. The molecular formula is C11H16ClNO2. The third-order valence-electron chi connectivity index (χ3n) is 1.99. The van der Waals surface area contributed by atoms with Gasteiger partial charge in [0.2, 0.25) is 5.88 Å². The molecule has 0 fully saturated rings. The lowest BCUT2D eigenvalue weighted by Gasteiger charge is -2.12. The van der Waals surface area contributed by atoms with Gasteiger partial charge in [0.15, 0.2) is 0 Å². The summed E-state index contributed by atoms with van der Waals surface area (Å²) in [6.07, 6.45) is 1.59. The van der Waals surface area contributed by atoms with Crippen LogP contribution in [0.25, 0.3) is 0 Å². The quantitative estimate of drug-likeness (QED) is 0.728. The zero-order valence-corrected chi connectivity index (χ0v) is 10.0. The van der Waals surface area contributed by atoms with Crippen LogP contribution in [0.5, 0.6) is 5.88 Å². The number of methoxy groups -OCH3 is 1. The summed E-state index contributed by atoms with van der Waals surface area (Å²) in [6.45, 7) is 5.22. The van der Waals surface area contributed by atoms with Crippen molar-refractivity contribution < 1.29 is 9.47 Å². The van der Waals surface area contributed by atoms with Gasteiger partial charge >= 0.3 is 0 Å². The van der Waals surface area contributed by atoms with Crippen LogP contribution in [0.1, 0.15) is 25.3 Å². The average Bonchev–Trinajstić information content (AvgIpc) is 2.20. The SMILES string of the molecule is COCCOc1ncc(Cl)cc1C(C)C. The molecule has 0 saturated carbocycles. The van der Waals surface area contributed by atoms with Crippen molar-refractivity contribution in [2.75, 3.05) is 20.3 Å². The predicted molar refractivity (Wildman–Crippen MR) is 60.7 cm³/mol. The normalized spacial score (nSPS) is 10.7. The lowest BCUT2D eigenvalue weighted by Crippen LogP contribution is -2.07. The molecule has 0 amide bonds. The Morgan fingerprint density at radius 3 is 2.73 bits per heavy atom. The second kappa shape index (κ2) is 5.93. The van der Waals surface area contributed by atoms with Gasteiger partial charge in [0.25, 0.3) is 0 Å². The maximum Gasteiger partial charge on any atom is 0.216 e. The second-order valence-corrected chi connectivity index (χ2v) is 3.98. The summed E-state index contributed by atoms with van der Waals surface area (Å²) in [4.78, 5) is 4.16. The van der Waals surface area contributed by atoms with Gasteiger partial charge in [-0.25, -0.2) is 4.98 Å². The van der Waals surface area contributed by atoms with Crippen molar-refractivity contribution in [3.63, 3.8) is 0 Å². The fraction of sp³-hybridized carbons (Fsp3) is 0.545. The lowest BCUT2D eigenvalue weighted by molar-refractivity contribution is 0.143. The fourth-order valence-corrected chi connectivity index (χ4v) is 1.36. The highest BCUT2D eigenvalue weighted by atomic mass is 35.5. The zero-order valence-electron chi connectivity index (χ0n) is 9.29. The molecule has 0 aromatic carbocycles. The molecule has 0 aliphatic rings. The summed E-state index contributed by atoms with van der Waals surface area (Å²) >= 11 is 5.88. The van der Waals surface area contributed by atoms with Crippen molar-refractivity contribution >= 4 is 11.6 Å². The third-order valence-corrected chi connectivity index (χ3v) is 2.20. The molecule has 3 nitrogen and oxygen atoms in total. The standard InChI is InChI=1S/C11H16ClNO2/c1-8(2)10-6-9(12)7-13-11(10)15-5-4-14-3/h6-8H,4-5H2,1-3H3. The molecule has 0 bridgehead atoms. The van der Waals surface area contributed by atoms with Crippen LogP contribution < -0.4 is 4.74 Å². The second-order valence-electron chi connectivity index (χ2n) is 3.54. The minimum atomic E-state index is 0.341. The summed E-state index contributed by atoms with van der Waals surface area (Å²) in [5, 5.41) is 0.637. The Kier molecular flexibility index (Phi) is 4.85. The predicted octanol–water partition coefficient (Wildman–Crippen LogP) is 2.88. The Bertz CT molecular complexity index is 315. The summed E-state index contributed by atoms with van der Waals surface area (Å²) in [5.41, 5.74) is 1.03. The van der Waals surface area contributed by atoms with Crippen molar-refractivity contribution in [3.05, 3.63) is 22.8 Å². The number of nitrogens with zero attached hydrogens (tertiary/aromatic N) is 1. The van der Waals surface area contributed by atoms with Crippen molar-refractivity contribution in [2.45, 2.75) is 19.8 Å². The highest BCUT2D eigenvalue weighted by Crippen LogP contribution is 2.26. The molecule has 0 saturated heterocycles. The number of hydrogen-bond acceptors (Lipinski definition) is 3. The minimum Gasteiger partial charge on any atom is -0.475 e. The topological polar surface area (TPSA) is 31.4 Å². The van der Waals surface area contributed by atoms with E-state index in [4.69, 9.17) is 21.1 Å². The lowest BCUT2D eigenvalue weighted by atomic mass is 10.1. The van der Waals surface area contributed by atoms with Crippen LogP contribution in [0.15, 0.2) is 12.3 Å². The van der Waals surface area contributed by atoms with E-state index in [0.717, 1.165) is 5.56 Å². The van der Waals surface area contributed by atoms with E-state index in [0.29, 0.717) is 30.0 Å². The number of pyridine rings is 1. The van der Waals surface area contributed by atoms with Gasteiger partial charge in [0.05, 0.1) is 11.6 Å². The summed E-state index contributed by atoms with van der Waals surface area (Å²) in [5.74, 6) is 0.986. The van der Waals surface area contributed by atoms with Crippen molar-refractivity contribution in [1.82, 2.24) is 4.98 Å². The Morgan fingerprint density at radius 1 is 1.40 bits per heavy atom. The smallest absolute Gasteiger partial charge is 0.216 e. The first kappa shape index (κ1) is 12.3. The molecule has 0 spiro atoms. The summed E-state index contributed by atoms with van der Waals surface area (Å²) in [6, 6.07) is 1.89. The molecule has 1 aromatic heterocycles. The van der Waals surface area contributed by atoms with E-state index in [9.17, 15) is 0 Å². The fourth-order valence-electron chi connectivity index (χ4n) is 1.20. The molecule has 0 N–H and O–H groups in total. The Hall–Kier alpha value is -0.800. The van der Waals surface area contributed by atoms with Gasteiger partial charge in [0.1, 0.15) is 6.61 Å². The maximum atomic E-state index is 5.88. The van der Waals surface area contributed by atoms with Crippen LogP contribution in [0.3, 0.4) is 0 Å². The van der Waals surface area contributed by atoms with Crippen molar-refractivity contribution in [3.8, 4) is 5.88 Å². The number of hydrogen-bond donors (Lipinski definition) is 0. The molecule has 1 aromatic rings. The van der Waals surface area contributed by atoms with Crippen LogP contribution in [0.2, 0.25) is 5.02 Å². The summed E-state index contributed by atoms with van der Waals surface area (Å²) in [7, 11) is 1.64. The first-order chi connectivity index (χ1) is 7.15. The van der Waals surface area contributed by atoms with E-state index in [1.165, 1.54) is 0 Å². The van der Waals surface area contributed by atoms with Gasteiger partial charge in [-0.1, -0.05) is 25.4 Å². The number of rotatable bonds is 5. The van der Waals surface area contributed by atoms with Crippen LogP contribution in [0, 0.1) is 0 Å². The van der Waals surface area contributed by atoms with Crippen molar-refractivity contribution in [2.24, 2.45) is 0 Å². The average molecular weight is 230 g/mol. The van der Waals surface area contributed by atoms with Gasteiger partial charge in [0, 0.05) is 18.9 Å². The van der Waals surface area contributed by atoms with E-state index < -0.39 is 0 Å². The highest BCUT2D eigenvalue weighted by Gasteiger charge is 2.09. The molecular weight excluding hydrogens is 214 g/mol. The minimum absolute atomic E-state index is 0.341. The van der Waals surface area contributed by atoms with Crippen LogP contribution in [0.4, 0.5) is 0 Å². The molecule has 84 valence electrons. The van der Waals surface area contributed by atoms with Gasteiger partial charge in [-0.3, -0.25) is 0 Å². The van der Waals surface area contributed by atoms with E-state index >= 15 is 0 Å². The van der Waals surface area contributed by atoms with Crippen molar-refractivity contribution in [1.29, 1.82) is 0 Å². The molecule has 0 aliphatic carbocycles. The van der Waals surface area contributed by atoms with Gasteiger partial charge in [-0.2, -0.15) is 0 Å². The van der Waals surface area contributed by atoms with E-state index in [1.54, 1.807) is 13.3 Å². The Morgan fingerprint density at radius 2 is 2.13 bits per heavy atom. The van der Waals surface area contributed by atoms with E-state index in [2.05, 4.69) is 18.8 Å². The number of ether oxygens (including phenoxy) is 2. The van der Waals surface area contributed by atoms with Gasteiger partial charge in [-0.15, -0.1) is 0 Å². The monoisotopic (exact) mass is 229 g/mol. The molecule has 1 rings (SSSR count). The summed E-state index contributed by atoms with van der Waals surface area (Å²) < 4.78 is 10.4. The molecule has 0 radical (unpaired) electrons. The van der Waals surface area contributed by atoms with Crippen LogP contribution >= 0.6 is 11.6 Å². The first-order valence-electron chi connectivity index (χ1n) is 4.92. The molecule has 15 heavy (non-hydrogen) atoms. The number of halogens is 1. The van der Waals surface area contributed by atoms with Gasteiger partial charge in [-0.05, 0) is 12.0 Å². The molecule has 4 heteroatoms. The Balaban J connectivity index is 2.77. The maximum absolute atomic E-state index is 5.88. The van der Waals surface area contributed by atoms with Gasteiger partial charge < -0.3 is 9.47 Å². The third kappa shape index (κ3) is 3.68. The molecule has 0 atom stereocenters. The van der Waals surface area contributed by atoms with Crippen LogP contribution in [-0.2, 0) is 4.74 Å². The molecule has 1 heterocycles. The molecule has 0 aliphatic heterocycles. The Labute approximate surface area is 95.4 Å².